The predicted octanol–water partition coefficient (Wildman–Crippen LogP) is 4.19. The third kappa shape index (κ3) is 3.18. The summed E-state index contributed by atoms with van der Waals surface area (Å²) in [5.74, 6) is -0.478. The van der Waals surface area contributed by atoms with Gasteiger partial charge in [0, 0.05) is 10.7 Å². The average Bonchev–Trinajstić information content (AvgIpc) is 2.61. The fourth-order valence-corrected chi connectivity index (χ4v) is 3.07. The number of nitrogens with one attached hydrogen (secondary N) is 1. The highest BCUT2D eigenvalue weighted by Crippen LogP contribution is 2.42. The summed E-state index contributed by atoms with van der Waals surface area (Å²) in [5, 5.41) is 6.47. The molecule has 1 amide bonds. The standard InChI is InChI=1S/C15H19ClN2O2/c1-15(2,3)7-9(8-17-20)13-11-5-4-10(16)6-12(11)18-14(13)19/h4-6,9,13H,7-8H2,1-3H3,(H,18,19). The number of hydrogen-bond donors (Lipinski definition) is 1. The molecular formula is C15H19ClN2O2. The Balaban J connectivity index is 2.34. The van der Waals surface area contributed by atoms with Gasteiger partial charge in [-0.3, -0.25) is 4.79 Å². The maximum absolute atomic E-state index is 12.2. The Morgan fingerprint density at radius 3 is 2.70 bits per heavy atom. The Labute approximate surface area is 123 Å². The van der Waals surface area contributed by atoms with Crippen molar-refractivity contribution in [2.75, 3.05) is 11.9 Å². The Bertz CT molecular complexity index is 537. The molecule has 1 N–H and O–H groups in total. The lowest BCUT2D eigenvalue weighted by Crippen LogP contribution is -2.27. The number of hydrogen-bond acceptors (Lipinski definition) is 3. The number of amides is 1. The van der Waals surface area contributed by atoms with Crippen LogP contribution in [0.1, 0.15) is 38.7 Å². The van der Waals surface area contributed by atoms with Crippen LogP contribution in [0.3, 0.4) is 0 Å². The SMILES string of the molecule is CC(C)(C)CC(CN=O)C1C(=O)Nc2cc(Cl)ccc21. The van der Waals surface area contributed by atoms with Crippen molar-refractivity contribution in [3.8, 4) is 0 Å². The number of carbonyl (C=O) groups excluding carboxylic acids is 1. The minimum absolute atomic E-state index is 0.0326. The predicted molar refractivity (Wildman–Crippen MR) is 81.0 cm³/mol. The highest BCUT2D eigenvalue weighted by atomic mass is 35.5. The highest BCUT2D eigenvalue weighted by Gasteiger charge is 2.38. The van der Waals surface area contributed by atoms with Gasteiger partial charge in [-0.25, -0.2) is 0 Å². The third-order valence-corrected chi connectivity index (χ3v) is 3.78. The van der Waals surface area contributed by atoms with Crippen LogP contribution >= 0.6 is 11.6 Å². The van der Waals surface area contributed by atoms with E-state index in [1.807, 2.05) is 6.07 Å². The van der Waals surface area contributed by atoms with Crippen LogP contribution in [0.15, 0.2) is 23.4 Å². The van der Waals surface area contributed by atoms with Crippen LogP contribution in [-0.2, 0) is 4.79 Å². The topological polar surface area (TPSA) is 58.5 Å². The fourth-order valence-electron chi connectivity index (χ4n) is 2.90. The molecule has 2 unspecified atom stereocenters. The molecule has 4 nitrogen and oxygen atoms in total. The van der Waals surface area contributed by atoms with Gasteiger partial charge in [0.25, 0.3) is 0 Å². The quantitative estimate of drug-likeness (QED) is 0.846. The molecule has 1 heterocycles. The van der Waals surface area contributed by atoms with Crippen molar-refractivity contribution in [2.24, 2.45) is 16.5 Å². The van der Waals surface area contributed by atoms with Crippen molar-refractivity contribution in [3.05, 3.63) is 33.7 Å². The summed E-state index contributed by atoms with van der Waals surface area (Å²) in [6.07, 6.45) is 0.763. The molecule has 2 atom stereocenters. The molecule has 1 aromatic rings. The summed E-state index contributed by atoms with van der Waals surface area (Å²) < 4.78 is 0. The monoisotopic (exact) mass is 294 g/mol. The number of nitroso groups, excluding NO2 is 1. The Kier molecular flexibility index (Phi) is 4.14. The number of anilines is 1. The molecular weight excluding hydrogens is 276 g/mol. The van der Waals surface area contributed by atoms with Crippen LogP contribution in [0.2, 0.25) is 5.02 Å². The van der Waals surface area contributed by atoms with Crippen molar-refractivity contribution < 1.29 is 4.79 Å². The molecule has 0 aromatic heterocycles. The molecule has 0 saturated heterocycles. The average molecular weight is 295 g/mol. The van der Waals surface area contributed by atoms with E-state index >= 15 is 0 Å². The first-order valence-corrected chi connectivity index (χ1v) is 7.09. The van der Waals surface area contributed by atoms with E-state index in [1.165, 1.54) is 0 Å². The number of halogens is 1. The van der Waals surface area contributed by atoms with Gasteiger partial charge in [-0.05, 0) is 35.4 Å². The second-order valence-electron chi connectivity index (χ2n) is 6.54. The maximum atomic E-state index is 12.2. The van der Waals surface area contributed by atoms with Crippen LogP contribution in [0.25, 0.3) is 0 Å². The third-order valence-electron chi connectivity index (χ3n) is 3.55. The smallest absolute Gasteiger partial charge is 0.232 e. The van der Waals surface area contributed by atoms with Gasteiger partial charge in [0.05, 0.1) is 12.5 Å². The summed E-state index contributed by atoms with van der Waals surface area (Å²) in [6.45, 7) is 6.44. The zero-order valence-electron chi connectivity index (χ0n) is 11.9. The van der Waals surface area contributed by atoms with Crippen LogP contribution in [0.4, 0.5) is 5.69 Å². The Hall–Kier alpha value is -1.42. The van der Waals surface area contributed by atoms with E-state index in [0.717, 1.165) is 17.7 Å². The van der Waals surface area contributed by atoms with E-state index < -0.39 is 0 Å². The molecule has 0 spiro atoms. The molecule has 0 fully saturated rings. The number of benzene rings is 1. The van der Waals surface area contributed by atoms with E-state index in [1.54, 1.807) is 12.1 Å². The second-order valence-corrected chi connectivity index (χ2v) is 6.97. The highest BCUT2D eigenvalue weighted by molar-refractivity contribution is 6.31. The van der Waals surface area contributed by atoms with Crippen LogP contribution in [0, 0.1) is 16.2 Å². The molecule has 1 aromatic carbocycles. The summed E-state index contributed by atoms with van der Waals surface area (Å²) in [5.41, 5.74) is 1.69. The van der Waals surface area contributed by atoms with E-state index in [0.29, 0.717) is 5.02 Å². The summed E-state index contributed by atoms with van der Waals surface area (Å²) in [6, 6.07) is 5.38. The zero-order valence-corrected chi connectivity index (χ0v) is 12.7. The summed E-state index contributed by atoms with van der Waals surface area (Å²) in [7, 11) is 0. The van der Waals surface area contributed by atoms with Gasteiger partial charge < -0.3 is 5.32 Å². The maximum Gasteiger partial charge on any atom is 0.232 e. The molecule has 5 heteroatoms. The summed E-state index contributed by atoms with van der Waals surface area (Å²) in [4.78, 5) is 23.0. The normalized spacial score (nSPS) is 19.4. The van der Waals surface area contributed by atoms with Gasteiger partial charge in [-0.1, -0.05) is 43.6 Å². The molecule has 0 saturated carbocycles. The van der Waals surface area contributed by atoms with Gasteiger partial charge in [0.1, 0.15) is 0 Å². The minimum atomic E-state index is -0.320. The lowest BCUT2D eigenvalue weighted by atomic mass is 9.76. The zero-order chi connectivity index (χ0) is 14.9. The van der Waals surface area contributed by atoms with E-state index in [2.05, 4.69) is 31.3 Å². The molecule has 2 rings (SSSR count). The van der Waals surface area contributed by atoms with Crippen molar-refractivity contribution >= 4 is 23.2 Å². The van der Waals surface area contributed by atoms with Gasteiger partial charge in [-0.15, -0.1) is 0 Å². The molecule has 1 aliphatic heterocycles. The number of rotatable bonds is 4. The van der Waals surface area contributed by atoms with Crippen molar-refractivity contribution in [1.29, 1.82) is 0 Å². The second kappa shape index (κ2) is 5.52. The van der Waals surface area contributed by atoms with E-state index in [9.17, 15) is 9.70 Å². The number of carbonyl (C=O) groups is 1. The van der Waals surface area contributed by atoms with Gasteiger partial charge in [0.2, 0.25) is 5.91 Å². The van der Waals surface area contributed by atoms with Crippen molar-refractivity contribution in [2.45, 2.75) is 33.1 Å². The first-order valence-electron chi connectivity index (χ1n) is 6.71. The summed E-state index contributed by atoms with van der Waals surface area (Å²) >= 11 is 5.95. The minimum Gasteiger partial charge on any atom is -0.325 e. The first kappa shape index (κ1) is 15.0. The number of fused-ring (bicyclic) bond motifs is 1. The van der Waals surface area contributed by atoms with Crippen molar-refractivity contribution in [1.82, 2.24) is 0 Å². The largest absolute Gasteiger partial charge is 0.325 e. The molecule has 0 bridgehead atoms. The van der Waals surface area contributed by atoms with Gasteiger partial charge >= 0.3 is 0 Å². The fraction of sp³-hybridized carbons (Fsp3) is 0.533. The molecule has 108 valence electrons. The molecule has 0 aliphatic carbocycles. The number of nitrogens with zero attached hydrogens (tertiary/aromatic N) is 1. The lowest BCUT2D eigenvalue weighted by Gasteiger charge is -2.27. The van der Waals surface area contributed by atoms with Crippen LogP contribution in [0.5, 0.6) is 0 Å². The van der Waals surface area contributed by atoms with E-state index in [4.69, 9.17) is 11.6 Å². The Morgan fingerprint density at radius 1 is 1.40 bits per heavy atom. The van der Waals surface area contributed by atoms with Gasteiger partial charge in [0.15, 0.2) is 0 Å². The molecule has 0 radical (unpaired) electrons. The van der Waals surface area contributed by atoms with Crippen molar-refractivity contribution in [3.63, 3.8) is 0 Å². The first-order chi connectivity index (χ1) is 9.31. The van der Waals surface area contributed by atoms with Crippen LogP contribution < -0.4 is 5.32 Å². The lowest BCUT2D eigenvalue weighted by molar-refractivity contribution is -0.118. The van der Waals surface area contributed by atoms with E-state index in [-0.39, 0.29) is 29.7 Å². The van der Waals surface area contributed by atoms with Crippen LogP contribution in [-0.4, -0.2) is 12.5 Å². The molecule has 1 aliphatic rings. The Morgan fingerprint density at radius 2 is 2.10 bits per heavy atom. The molecule has 20 heavy (non-hydrogen) atoms. The van der Waals surface area contributed by atoms with Gasteiger partial charge in [-0.2, -0.15) is 4.91 Å².